The van der Waals surface area contributed by atoms with E-state index in [1.54, 1.807) is 9.58 Å². The van der Waals surface area contributed by atoms with Crippen LogP contribution in [-0.2, 0) is 4.79 Å². The molecule has 0 radical (unpaired) electrons. The van der Waals surface area contributed by atoms with Gasteiger partial charge in [0.25, 0.3) is 5.96 Å². The minimum absolute atomic E-state index is 0.0618. The molecule has 1 amide bonds. The summed E-state index contributed by atoms with van der Waals surface area (Å²) >= 11 is 0. The SMILES string of the molecule is CC1=CC2=[N+]3C(O)=CC(=O)N3C(N(C)C)=NC2C(C(C)C)=C1. The number of hydrazine groups is 1. The second-order valence-electron chi connectivity index (χ2n) is 6.30. The van der Waals surface area contributed by atoms with Crippen LogP contribution in [0.15, 0.2) is 40.2 Å². The molecule has 1 N–H and O–H groups in total. The first-order chi connectivity index (χ1) is 10.3. The molecule has 0 saturated carbocycles. The van der Waals surface area contributed by atoms with Crippen molar-refractivity contribution in [3.8, 4) is 0 Å². The number of nitrogens with zero attached hydrogens (tertiary/aromatic N) is 4. The number of amides is 1. The van der Waals surface area contributed by atoms with Crippen molar-refractivity contribution in [2.24, 2.45) is 10.9 Å². The molecule has 0 aromatic heterocycles. The first-order valence-electron chi connectivity index (χ1n) is 7.37. The van der Waals surface area contributed by atoms with Gasteiger partial charge in [-0.05, 0) is 33.7 Å². The van der Waals surface area contributed by atoms with Gasteiger partial charge >= 0.3 is 11.8 Å². The molecule has 0 aromatic carbocycles. The van der Waals surface area contributed by atoms with Crippen LogP contribution >= 0.6 is 0 Å². The zero-order chi connectivity index (χ0) is 16.2. The highest BCUT2D eigenvalue weighted by molar-refractivity contribution is 6.09. The average molecular weight is 301 g/mol. The van der Waals surface area contributed by atoms with Crippen LogP contribution in [0.3, 0.4) is 0 Å². The maximum absolute atomic E-state index is 12.2. The first kappa shape index (κ1) is 14.6. The van der Waals surface area contributed by atoms with Gasteiger partial charge in [0, 0.05) is 20.2 Å². The molecule has 0 spiro atoms. The van der Waals surface area contributed by atoms with Crippen LogP contribution in [0.2, 0.25) is 0 Å². The van der Waals surface area contributed by atoms with Crippen LogP contribution in [0.1, 0.15) is 20.8 Å². The minimum atomic E-state index is -0.289. The zero-order valence-corrected chi connectivity index (χ0v) is 13.5. The number of hydrogen-bond donors (Lipinski definition) is 1. The third kappa shape index (κ3) is 1.98. The van der Waals surface area contributed by atoms with Crippen molar-refractivity contribution in [2.75, 3.05) is 14.1 Å². The minimum Gasteiger partial charge on any atom is -0.458 e. The van der Waals surface area contributed by atoms with Gasteiger partial charge in [0.05, 0.1) is 0 Å². The van der Waals surface area contributed by atoms with Gasteiger partial charge in [-0.2, -0.15) is 0 Å². The Morgan fingerprint density at radius 3 is 2.59 bits per heavy atom. The van der Waals surface area contributed by atoms with E-state index in [-0.39, 0.29) is 17.8 Å². The molecule has 116 valence electrons. The van der Waals surface area contributed by atoms with Gasteiger partial charge < -0.3 is 10.0 Å². The molecule has 6 heteroatoms. The van der Waals surface area contributed by atoms with E-state index in [1.165, 1.54) is 16.7 Å². The number of fused-ring (bicyclic) bond motifs is 2. The molecular weight excluding hydrogens is 280 g/mol. The Morgan fingerprint density at radius 2 is 2.00 bits per heavy atom. The Bertz CT molecular complexity index is 708. The highest BCUT2D eigenvalue weighted by Gasteiger charge is 2.49. The molecule has 6 nitrogen and oxygen atoms in total. The maximum atomic E-state index is 12.2. The molecule has 1 atom stereocenters. The standard InChI is InChI=1S/C16H20N4O2/c1-9(2)11-6-10(3)7-12-15(11)17-16(18(4)5)20-14(22)8-13(21)19(12)20/h6-9,15H,1-5H3/p+1. The fraction of sp³-hybridized carbons (Fsp3) is 0.438. The van der Waals surface area contributed by atoms with E-state index in [1.807, 2.05) is 27.1 Å². The monoisotopic (exact) mass is 301 g/mol. The highest BCUT2D eigenvalue weighted by Crippen LogP contribution is 2.30. The summed E-state index contributed by atoms with van der Waals surface area (Å²) in [6.07, 6.45) is 5.34. The summed E-state index contributed by atoms with van der Waals surface area (Å²) < 4.78 is 1.56. The normalized spacial score (nSPS) is 23.8. The van der Waals surface area contributed by atoms with E-state index >= 15 is 0 Å². The van der Waals surface area contributed by atoms with Crippen molar-refractivity contribution in [3.05, 3.63) is 35.3 Å². The summed E-state index contributed by atoms with van der Waals surface area (Å²) in [6.45, 7) is 6.27. The molecule has 22 heavy (non-hydrogen) atoms. The van der Waals surface area contributed by atoms with E-state index in [0.717, 1.165) is 11.3 Å². The molecule has 2 aliphatic heterocycles. The molecule has 3 rings (SSSR count). The molecule has 0 bridgehead atoms. The van der Waals surface area contributed by atoms with Crippen LogP contribution in [-0.4, -0.2) is 57.4 Å². The first-order valence-corrected chi connectivity index (χ1v) is 7.37. The topological polar surface area (TPSA) is 59.2 Å². The maximum Gasteiger partial charge on any atom is 0.401 e. The number of aliphatic hydroxyl groups is 1. The van der Waals surface area contributed by atoms with Crippen LogP contribution in [0.5, 0.6) is 0 Å². The van der Waals surface area contributed by atoms with Crippen molar-refractivity contribution in [3.63, 3.8) is 0 Å². The van der Waals surface area contributed by atoms with Crippen molar-refractivity contribution in [2.45, 2.75) is 26.8 Å². The zero-order valence-electron chi connectivity index (χ0n) is 13.5. The Labute approximate surface area is 130 Å². The fourth-order valence-electron chi connectivity index (χ4n) is 3.01. The van der Waals surface area contributed by atoms with Crippen molar-refractivity contribution in [1.29, 1.82) is 0 Å². The number of aliphatic imine (C=N–C) groups is 1. The molecule has 0 saturated heterocycles. The summed E-state index contributed by atoms with van der Waals surface area (Å²) in [5.74, 6) is 0.501. The Morgan fingerprint density at radius 1 is 1.32 bits per heavy atom. The van der Waals surface area contributed by atoms with Gasteiger partial charge in [-0.15, -0.1) is 0 Å². The number of allylic oxidation sites excluding steroid dienone is 2. The van der Waals surface area contributed by atoms with Gasteiger partial charge in [-0.1, -0.05) is 19.9 Å². The van der Waals surface area contributed by atoms with Gasteiger partial charge in [-0.25, -0.2) is 4.99 Å². The largest absolute Gasteiger partial charge is 0.458 e. The van der Waals surface area contributed by atoms with Gasteiger partial charge in [-0.3, -0.25) is 4.79 Å². The Hall–Kier alpha value is -2.37. The van der Waals surface area contributed by atoms with Gasteiger partial charge in [0.15, 0.2) is 6.04 Å². The van der Waals surface area contributed by atoms with Gasteiger partial charge in [0.1, 0.15) is 6.08 Å². The predicted octanol–water partition coefficient (Wildman–Crippen LogP) is 1.44. The number of hydrogen-bond acceptors (Lipinski definition) is 4. The highest BCUT2D eigenvalue weighted by atomic mass is 16.3. The van der Waals surface area contributed by atoms with Crippen LogP contribution in [0, 0.1) is 5.92 Å². The lowest BCUT2D eigenvalue weighted by Crippen LogP contribution is -2.54. The second-order valence-corrected chi connectivity index (χ2v) is 6.30. The van der Waals surface area contributed by atoms with E-state index in [9.17, 15) is 9.90 Å². The van der Waals surface area contributed by atoms with E-state index in [0.29, 0.717) is 11.9 Å². The molecule has 3 aliphatic rings. The summed E-state index contributed by atoms with van der Waals surface area (Å²) in [5, 5.41) is 11.6. The molecule has 0 aromatic rings. The second kappa shape index (κ2) is 4.83. The number of rotatable bonds is 1. The molecular formula is C16H21N4O2+. The lowest BCUT2D eigenvalue weighted by atomic mass is 9.86. The van der Waals surface area contributed by atoms with Crippen molar-refractivity contribution >= 4 is 17.6 Å². The molecule has 2 heterocycles. The molecule has 0 fully saturated rings. The van der Waals surface area contributed by atoms with Crippen molar-refractivity contribution in [1.82, 2.24) is 9.91 Å². The lowest BCUT2D eigenvalue weighted by Gasteiger charge is -2.30. The number of aliphatic hydroxyl groups excluding tert-OH is 1. The smallest absolute Gasteiger partial charge is 0.401 e. The van der Waals surface area contributed by atoms with E-state index in [4.69, 9.17) is 4.99 Å². The molecule has 1 aliphatic carbocycles. The summed E-state index contributed by atoms with van der Waals surface area (Å²) in [6, 6.07) is -0.182. The number of guanidine groups is 1. The third-order valence-corrected chi connectivity index (χ3v) is 3.99. The Balaban J connectivity index is 2.23. The quantitative estimate of drug-likeness (QED) is 0.746. The summed E-state index contributed by atoms with van der Waals surface area (Å²) in [7, 11) is 3.68. The summed E-state index contributed by atoms with van der Waals surface area (Å²) in [5.41, 5.74) is 3.08. The number of carbonyl (C=O) groups excluding carboxylic acids is 1. The van der Waals surface area contributed by atoms with Crippen LogP contribution < -0.4 is 0 Å². The third-order valence-electron chi connectivity index (χ3n) is 3.99. The molecule has 1 unspecified atom stereocenters. The predicted molar refractivity (Wildman–Crippen MR) is 84.4 cm³/mol. The Kier molecular flexibility index (Phi) is 3.20. The number of hydrazone groups is 1. The average Bonchev–Trinajstić information content (AvgIpc) is 2.72. The van der Waals surface area contributed by atoms with E-state index in [2.05, 4.69) is 19.9 Å². The van der Waals surface area contributed by atoms with Crippen molar-refractivity contribution < 1.29 is 14.6 Å². The number of carbonyl (C=O) groups is 1. The van der Waals surface area contributed by atoms with Crippen LogP contribution in [0.25, 0.3) is 0 Å². The summed E-state index contributed by atoms with van der Waals surface area (Å²) in [4.78, 5) is 18.8. The van der Waals surface area contributed by atoms with E-state index < -0.39 is 0 Å². The van der Waals surface area contributed by atoms with Crippen LogP contribution in [0.4, 0.5) is 0 Å². The lowest BCUT2D eigenvalue weighted by molar-refractivity contribution is -0.622. The van der Waals surface area contributed by atoms with Gasteiger partial charge in [0.2, 0.25) is 5.71 Å². The fourth-order valence-corrected chi connectivity index (χ4v) is 3.01.